The molecule has 10 heteroatoms. The summed E-state index contributed by atoms with van der Waals surface area (Å²) in [6.07, 6.45) is 4.21. The zero-order chi connectivity index (χ0) is 25.0. The molecule has 8 nitrogen and oxygen atoms in total. The van der Waals surface area contributed by atoms with Gasteiger partial charge in [0.2, 0.25) is 5.43 Å². The summed E-state index contributed by atoms with van der Waals surface area (Å²) < 4.78 is 28.6. The third-order valence-electron chi connectivity index (χ3n) is 7.76. The molecule has 2 N–H and O–H groups in total. The Labute approximate surface area is 201 Å². The third-order valence-corrected chi connectivity index (χ3v) is 7.76. The summed E-state index contributed by atoms with van der Waals surface area (Å²) in [7, 11) is 0. The minimum absolute atomic E-state index is 0.0497. The number of carbonyl (C=O) groups is 2. The molecule has 186 valence electrons. The lowest BCUT2D eigenvalue weighted by Gasteiger charge is -2.57. The van der Waals surface area contributed by atoms with Crippen molar-refractivity contribution >= 4 is 11.8 Å². The minimum atomic E-state index is -0.971. The van der Waals surface area contributed by atoms with Crippen molar-refractivity contribution in [3.63, 3.8) is 0 Å². The Morgan fingerprint density at radius 3 is 2.71 bits per heavy atom. The molecule has 1 saturated carbocycles. The van der Waals surface area contributed by atoms with Crippen LogP contribution in [-0.4, -0.2) is 45.8 Å². The van der Waals surface area contributed by atoms with Gasteiger partial charge in [-0.05, 0) is 44.1 Å². The van der Waals surface area contributed by atoms with E-state index >= 15 is 0 Å². The van der Waals surface area contributed by atoms with Crippen LogP contribution in [0.1, 0.15) is 59.5 Å². The van der Waals surface area contributed by atoms with Gasteiger partial charge in [0.15, 0.2) is 11.4 Å². The van der Waals surface area contributed by atoms with Crippen LogP contribution in [0.15, 0.2) is 29.2 Å². The highest BCUT2D eigenvalue weighted by atomic mass is 19.1. The van der Waals surface area contributed by atoms with E-state index in [4.69, 9.17) is 0 Å². The molecular weight excluding hydrogens is 458 g/mol. The van der Waals surface area contributed by atoms with Gasteiger partial charge >= 0.3 is 0 Å². The Balaban J connectivity index is 1.53. The van der Waals surface area contributed by atoms with Crippen molar-refractivity contribution in [2.45, 2.75) is 45.8 Å². The number of nitrogens with one attached hydrogen (secondary N) is 1. The van der Waals surface area contributed by atoms with E-state index in [-0.39, 0.29) is 35.4 Å². The molecule has 4 atom stereocenters. The molecule has 0 spiro atoms. The molecule has 2 aliphatic heterocycles. The molecule has 3 heterocycles. The molecule has 3 aliphatic rings. The summed E-state index contributed by atoms with van der Waals surface area (Å²) in [6, 6.07) is 2.99. The van der Waals surface area contributed by atoms with Gasteiger partial charge in [-0.2, -0.15) is 0 Å². The summed E-state index contributed by atoms with van der Waals surface area (Å²) >= 11 is 0. The normalized spacial score (nSPS) is 25.2. The molecule has 5 rings (SSSR count). The van der Waals surface area contributed by atoms with Gasteiger partial charge in [0.25, 0.3) is 11.8 Å². The lowest BCUT2D eigenvalue weighted by atomic mass is 9.70. The summed E-state index contributed by atoms with van der Waals surface area (Å²) in [5.74, 6) is -2.56. The maximum absolute atomic E-state index is 14.0. The van der Waals surface area contributed by atoms with Crippen LogP contribution in [-0.2, 0) is 6.54 Å². The molecule has 1 aromatic heterocycles. The van der Waals surface area contributed by atoms with E-state index in [9.17, 15) is 28.3 Å². The van der Waals surface area contributed by atoms with Crippen molar-refractivity contribution in [2.75, 3.05) is 18.1 Å². The van der Waals surface area contributed by atoms with Gasteiger partial charge < -0.3 is 15.3 Å². The summed E-state index contributed by atoms with van der Waals surface area (Å²) in [5.41, 5.74) is -1.42. The second kappa shape index (κ2) is 8.66. The van der Waals surface area contributed by atoms with E-state index in [2.05, 4.69) is 12.2 Å². The number of benzene rings is 1. The van der Waals surface area contributed by atoms with Gasteiger partial charge in [-0.3, -0.25) is 24.1 Å². The molecule has 2 aromatic rings. The summed E-state index contributed by atoms with van der Waals surface area (Å²) in [5, 5.41) is 15.2. The number of piperidine rings is 1. The predicted octanol–water partition coefficient (Wildman–Crippen LogP) is 2.57. The zero-order valence-corrected chi connectivity index (χ0v) is 19.6. The van der Waals surface area contributed by atoms with Crippen molar-refractivity contribution in [1.82, 2.24) is 14.9 Å². The number of rotatable bonds is 4. The number of carbonyl (C=O) groups excluding carboxylic acids is 2. The van der Waals surface area contributed by atoms with E-state index in [1.807, 2.05) is 11.9 Å². The number of hydrogen-bond acceptors (Lipinski definition) is 5. The first-order valence-electron chi connectivity index (χ1n) is 12.0. The Kier molecular flexibility index (Phi) is 5.77. The topological polar surface area (TPSA) is 94.9 Å². The molecule has 1 aromatic carbocycles. The Morgan fingerprint density at radius 2 is 2.00 bits per heavy atom. The fourth-order valence-corrected chi connectivity index (χ4v) is 5.91. The number of hydrogen-bond donors (Lipinski definition) is 2. The van der Waals surface area contributed by atoms with Crippen molar-refractivity contribution in [3.8, 4) is 5.75 Å². The highest BCUT2D eigenvalue weighted by Crippen LogP contribution is 2.44. The van der Waals surface area contributed by atoms with Crippen LogP contribution in [0.2, 0.25) is 0 Å². The van der Waals surface area contributed by atoms with Crippen LogP contribution in [0.4, 0.5) is 8.78 Å². The maximum atomic E-state index is 14.0. The van der Waals surface area contributed by atoms with Crippen LogP contribution in [0, 0.1) is 29.4 Å². The van der Waals surface area contributed by atoms with Crippen LogP contribution >= 0.6 is 0 Å². The first-order chi connectivity index (χ1) is 16.7. The summed E-state index contributed by atoms with van der Waals surface area (Å²) in [4.78, 5) is 40.9. The van der Waals surface area contributed by atoms with Crippen LogP contribution < -0.4 is 15.8 Å². The Hall–Kier alpha value is -3.43. The number of aromatic nitrogens is 1. The highest BCUT2D eigenvalue weighted by molar-refractivity contribution is 5.99. The van der Waals surface area contributed by atoms with E-state index < -0.39 is 34.6 Å². The van der Waals surface area contributed by atoms with Gasteiger partial charge in [-0.15, -0.1) is 0 Å². The Morgan fingerprint density at radius 1 is 1.23 bits per heavy atom. The van der Waals surface area contributed by atoms with Crippen LogP contribution in [0.25, 0.3) is 0 Å². The lowest BCUT2D eigenvalue weighted by Crippen LogP contribution is -2.68. The predicted molar refractivity (Wildman–Crippen MR) is 123 cm³/mol. The molecule has 1 aliphatic carbocycles. The average molecular weight is 487 g/mol. The lowest BCUT2D eigenvalue weighted by molar-refractivity contribution is 0.00613. The number of amides is 2. The van der Waals surface area contributed by atoms with Crippen molar-refractivity contribution in [2.24, 2.45) is 17.8 Å². The van der Waals surface area contributed by atoms with E-state index in [1.165, 1.54) is 16.9 Å². The molecule has 2 amide bonds. The van der Waals surface area contributed by atoms with Gasteiger partial charge in [0.1, 0.15) is 23.4 Å². The highest BCUT2D eigenvalue weighted by Gasteiger charge is 2.50. The standard InChI is InChI=1S/C25H28F2N4O4/c1-3-29-24-17-8-14(5-4-13(17)2)11-31(24)30-12-18(21(32)22(33)20(30)25(29)35)23(34)28-10-15-6-7-16(26)9-19(15)27/h6-7,9,12-14,17,24,33H,3-5,8,10-11H2,1-2H3,(H,28,34)/t13-,14-,17?,24+/m1/s1. The van der Waals surface area contributed by atoms with Crippen LogP contribution in [0.3, 0.4) is 0 Å². The number of nitrogens with zero attached hydrogens (tertiary/aromatic N) is 3. The van der Waals surface area contributed by atoms with Crippen LogP contribution in [0.5, 0.6) is 5.75 Å². The maximum Gasteiger partial charge on any atom is 0.278 e. The number of pyridine rings is 1. The van der Waals surface area contributed by atoms with Gasteiger partial charge in [0, 0.05) is 43.4 Å². The van der Waals surface area contributed by atoms with E-state index in [0.29, 0.717) is 31.0 Å². The number of fused-ring (bicyclic) bond motifs is 6. The van der Waals surface area contributed by atoms with E-state index in [0.717, 1.165) is 25.3 Å². The van der Waals surface area contributed by atoms with Gasteiger partial charge in [-0.1, -0.05) is 13.0 Å². The monoisotopic (exact) mass is 486 g/mol. The quantitative estimate of drug-likeness (QED) is 0.693. The largest absolute Gasteiger partial charge is 0.502 e. The molecular formula is C25H28F2N4O4. The molecule has 1 saturated heterocycles. The molecule has 1 unspecified atom stereocenters. The van der Waals surface area contributed by atoms with Crippen molar-refractivity contribution in [1.29, 1.82) is 0 Å². The van der Waals surface area contributed by atoms with E-state index in [1.54, 1.807) is 4.90 Å². The van der Waals surface area contributed by atoms with Gasteiger partial charge in [-0.25, -0.2) is 8.78 Å². The summed E-state index contributed by atoms with van der Waals surface area (Å²) in [6.45, 7) is 4.84. The van der Waals surface area contributed by atoms with Gasteiger partial charge in [0.05, 0.1) is 0 Å². The molecule has 2 bridgehead atoms. The minimum Gasteiger partial charge on any atom is -0.502 e. The second-order valence-corrected chi connectivity index (χ2v) is 9.78. The molecule has 2 fully saturated rings. The van der Waals surface area contributed by atoms with Crippen molar-refractivity contribution in [3.05, 3.63) is 63.1 Å². The SMILES string of the molecule is CCN1C(=O)c2c(O)c(=O)c(C(=O)NCc3ccc(F)cc3F)cn2N2C[C@@H]3CC[C@@H](C)C(C3)[C@@H]12. The molecule has 35 heavy (non-hydrogen) atoms. The number of halogens is 2. The first-order valence-corrected chi connectivity index (χ1v) is 12.0. The van der Waals surface area contributed by atoms with Crippen molar-refractivity contribution < 1.29 is 23.5 Å². The average Bonchev–Trinajstić information content (AvgIpc) is 2.83. The Bertz CT molecular complexity index is 1260. The second-order valence-electron chi connectivity index (χ2n) is 9.78. The fraction of sp³-hybridized carbons (Fsp3) is 0.480. The third kappa shape index (κ3) is 3.75. The zero-order valence-electron chi connectivity index (χ0n) is 19.6. The first kappa shape index (κ1) is 23.3. The fourth-order valence-electron chi connectivity index (χ4n) is 5.91. The smallest absolute Gasteiger partial charge is 0.278 e. The number of aromatic hydroxyl groups is 1. The molecule has 0 radical (unpaired) electrons.